The summed E-state index contributed by atoms with van der Waals surface area (Å²) in [6.45, 7) is 7.61. The van der Waals surface area contributed by atoms with Gasteiger partial charge in [0.25, 0.3) is 0 Å². The van der Waals surface area contributed by atoms with Crippen LogP contribution in [0.4, 0.5) is 10.5 Å². The molecule has 4 heteroatoms. The van der Waals surface area contributed by atoms with Crippen LogP contribution < -0.4 is 10.1 Å². The fourth-order valence-electron chi connectivity index (χ4n) is 2.08. The molecule has 0 fully saturated rings. The summed E-state index contributed by atoms with van der Waals surface area (Å²) >= 11 is 0. The van der Waals surface area contributed by atoms with Crippen LogP contribution in [0.1, 0.15) is 39.7 Å². The fourth-order valence-corrected chi connectivity index (χ4v) is 2.08. The number of rotatable bonds is 2. The van der Waals surface area contributed by atoms with Crippen LogP contribution in [0, 0.1) is 0 Å². The Balaban J connectivity index is 2.11. The number of anilines is 1. The summed E-state index contributed by atoms with van der Waals surface area (Å²) < 4.78 is 11.1. The lowest BCUT2D eigenvalue weighted by Crippen LogP contribution is -2.27. The number of carbonyl (C=O) groups is 1. The fraction of sp³-hybridized carbons (Fsp3) is 0.533. The Bertz CT molecular complexity index is 477. The molecule has 1 N–H and O–H groups in total. The minimum absolute atomic E-state index is 0.205. The van der Waals surface area contributed by atoms with Gasteiger partial charge in [-0.2, -0.15) is 0 Å². The third-order valence-corrected chi connectivity index (χ3v) is 2.92. The first-order valence-corrected chi connectivity index (χ1v) is 6.67. The highest BCUT2D eigenvalue weighted by Crippen LogP contribution is 2.37. The van der Waals surface area contributed by atoms with Crippen molar-refractivity contribution in [1.82, 2.24) is 0 Å². The Morgan fingerprint density at radius 3 is 2.84 bits per heavy atom. The van der Waals surface area contributed by atoms with Crippen LogP contribution in [0.2, 0.25) is 0 Å². The van der Waals surface area contributed by atoms with E-state index in [1.807, 2.05) is 39.0 Å². The maximum absolute atomic E-state index is 11.8. The van der Waals surface area contributed by atoms with E-state index in [4.69, 9.17) is 9.47 Å². The van der Waals surface area contributed by atoms with Gasteiger partial charge in [0, 0.05) is 6.42 Å². The molecule has 2 rings (SSSR count). The number of carbonyl (C=O) groups excluding carboxylic acids is 1. The van der Waals surface area contributed by atoms with Gasteiger partial charge < -0.3 is 9.47 Å². The van der Waals surface area contributed by atoms with Crippen LogP contribution in [-0.2, 0) is 11.2 Å². The van der Waals surface area contributed by atoms with Gasteiger partial charge >= 0.3 is 6.09 Å². The summed E-state index contributed by atoms with van der Waals surface area (Å²) in [5.41, 5.74) is 1.32. The number of fused-ring (bicyclic) bond motifs is 1. The first kappa shape index (κ1) is 13.7. The van der Waals surface area contributed by atoms with E-state index in [9.17, 15) is 4.79 Å². The molecule has 4 nitrogen and oxygen atoms in total. The van der Waals surface area contributed by atoms with Gasteiger partial charge in [-0.05, 0) is 38.8 Å². The largest absolute Gasteiger partial charge is 0.488 e. The van der Waals surface area contributed by atoms with E-state index in [-0.39, 0.29) is 6.10 Å². The highest BCUT2D eigenvalue weighted by atomic mass is 16.6. The van der Waals surface area contributed by atoms with E-state index >= 15 is 0 Å². The van der Waals surface area contributed by atoms with Crippen molar-refractivity contribution in [3.63, 3.8) is 0 Å². The van der Waals surface area contributed by atoms with Crippen molar-refractivity contribution in [3.8, 4) is 5.75 Å². The molecule has 1 atom stereocenters. The highest BCUT2D eigenvalue weighted by molar-refractivity contribution is 5.87. The van der Waals surface area contributed by atoms with Crippen molar-refractivity contribution in [2.75, 3.05) is 5.32 Å². The molecule has 1 unspecified atom stereocenters. The minimum atomic E-state index is -0.505. The van der Waals surface area contributed by atoms with Crippen LogP contribution in [0.15, 0.2) is 18.2 Å². The number of amides is 1. The predicted octanol–water partition coefficient (Wildman–Crippen LogP) is 3.75. The number of nitrogens with one attached hydrogen (secondary N) is 1. The number of benzene rings is 1. The molecule has 19 heavy (non-hydrogen) atoms. The average molecular weight is 263 g/mol. The molecule has 0 bridgehead atoms. The zero-order valence-corrected chi connectivity index (χ0v) is 11.9. The van der Waals surface area contributed by atoms with Gasteiger partial charge in [0.05, 0.1) is 5.69 Å². The van der Waals surface area contributed by atoms with Crippen molar-refractivity contribution < 1.29 is 14.3 Å². The Kier molecular flexibility index (Phi) is 3.69. The smallest absolute Gasteiger partial charge is 0.412 e. The normalized spacial score (nSPS) is 17.6. The van der Waals surface area contributed by atoms with Gasteiger partial charge in [0.2, 0.25) is 0 Å². The summed E-state index contributed by atoms with van der Waals surface area (Å²) in [5, 5.41) is 2.76. The van der Waals surface area contributed by atoms with E-state index < -0.39 is 11.7 Å². The van der Waals surface area contributed by atoms with E-state index in [0.717, 1.165) is 24.2 Å². The van der Waals surface area contributed by atoms with Gasteiger partial charge in [-0.3, -0.25) is 5.32 Å². The summed E-state index contributed by atoms with van der Waals surface area (Å²) in [7, 11) is 0. The molecule has 1 aromatic carbocycles. The molecule has 1 aromatic rings. The Morgan fingerprint density at radius 1 is 1.47 bits per heavy atom. The molecule has 0 spiro atoms. The second-order valence-corrected chi connectivity index (χ2v) is 5.77. The number of hydrogen-bond donors (Lipinski definition) is 1. The van der Waals surface area contributed by atoms with Crippen LogP contribution >= 0.6 is 0 Å². The summed E-state index contributed by atoms with van der Waals surface area (Å²) in [6, 6.07) is 5.79. The zero-order chi connectivity index (χ0) is 14.0. The first-order chi connectivity index (χ1) is 8.89. The van der Waals surface area contributed by atoms with Crippen molar-refractivity contribution in [2.45, 2.75) is 52.2 Å². The SMILES string of the molecule is CCC1Cc2cccc(NC(=O)OC(C)(C)C)c2O1. The third kappa shape index (κ3) is 3.40. The molecule has 0 saturated heterocycles. The topological polar surface area (TPSA) is 47.6 Å². The van der Waals surface area contributed by atoms with E-state index in [1.165, 1.54) is 0 Å². The molecule has 1 aliphatic rings. The van der Waals surface area contributed by atoms with Gasteiger partial charge in [-0.25, -0.2) is 4.79 Å². The van der Waals surface area contributed by atoms with Gasteiger partial charge in [-0.15, -0.1) is 0 Å². The summed E-state index contributed by atoms with van der Waals surface area (Å²) in [5.74, 6) is 0.778. The molecule has 1 heterocycles. The van der Waals surface area contributed by atoms with Crippen molar-refractivity contribution in [1.29, 1.82) is 0 Å². The Labute approximate surface area is 114 Å². The molecule has 1 amide bonds. The Morgan fingerprint density at radius 2 is 2.21 bits per heavy atom. The lowest BCUT2D eigenvalue weighted by molar-refractivity contribution is 0.0635. The summed E-state index contributed by atoms with van der Waals surface area (Å²) in [6.07, 6.45) is 1.61. The maximum atomic E-state index is 11.8. The first-order valence-electron chi connectivity index (χ1n) is 6.67. The van der Waals surface area contributed by atoms with E-state index in [1.54, 1.807) is 0 Å². The molecule has 0 aromatic heterocycles. The van der Waals surface area contributed by atoms with Gasteiger partial charge in [0.15, 0.2) is 0 Å². The second kappa shape index (κ2) is 5.11. The lowest BCUT2D eigenvalue weighted by Gasteiger charge is -2.20. The van der Waals surface area contributed by atoms with Crippen LogP contribution in [0.5, 0.6) is 5.75 Å². The standard InChI is InChI=1S/C15H21NO3/c1-5-11-9-10-7-6-8-12(13(10)18-11)16-14(17)19-15(2,3)4/h6-8,11H,5,9H2,1-4H3,(H,16,17). The third-order valence-electron chi connectivity index (χ3n) is 2.92. The number of hydrogen-bond acceptors (Lipinski definition) is 3. The molecule has 104 valence electrons. The molecule has 0 aliphatic carbocycles. The molecule has 0 saturated carbocycles. The van der Waals surface area contributed by atoms with Crippen molar-refractivity contribution >= 4 is 11.8 Å². The highest BCUT2D eigenvalue weighted by Gasteiger charge is 2.25. The monoisotopic (exact) mass is 263 g/mol. The molecular weight excluding hydrogens is 242 g/mol. The van der Waals surface area contributed by atoms with E-state index in [2.05, 4.69) is 12.2 Å². The van der Waals surface area contributed by atoms with Crippen LogP contribution in [0.25, 0.3) is 0 Å². The summed E-state index contributed by atoms with van der Waals surface area (Å²) in [4.78, 5) is 11.8. The second-order valence-electron chi connectivity index (χ2n) is 5.77. The molecule has 0 radical (unpaired) electrons. The van der Waals surface area contributed by atoms with Crippen molar-refractivity contribution in [2.24, 2.45) is 0 Å². The van der Waals surface area contributed by atoms with Crippen molar-refractivity contribution in [3.05, 3.63) is 23.8 Å². The van der Waals surface area contributed by atoms with Crippen LogP contribution in [0.3, 0.4) is 0 Å². The van der Waals surface area contributed by atoms with Gasteiger partial charge in [-0.1, -0.05) is 19.1 Å². The molecular formula is C15H21NO3. The minimum Gasteiger partial charge on any atom is -0.488 e. The quantitative estimate of drug-likeness (QED) is 0.884. The van der Waals surface area contributed by atoms with Gasteiger partial charge in [0.1, 0.15) is 17.5 Å². The lowest BCUT2D eigenvalue weighted by atomic mass is 10.1. The average Bonchev–Trinajstić information content (AvgIpc) is 2.70. The number of ether oxygens (including phenoxy) is 2. The predicted molar refractivity (Wildman–Crippen MR) is 74.7 cm³/mol. The number of para-hydroxylation sites is 1. The Hall–Kier alpha value is -1.71. The van der Waals surface area contributed by atoms with Crippen LogP contribution in [-0.4, -0.2) is 17.8 Å². The zero-order valence-electron chi connectivity index (χ0n) is 11.9. The maximum Gasteiger partial charge on any atom is 0.412 e. The van der Waals surface area contributed by atoms with E-state index in [0.29, 0.717) is 5.69 Å². The molecule has 1 aliphatic heterocycles.